The van der Waals surface area contributed by atoms with Crippen LogP contribution in [0.5, 0.6) is 11.5 Å². The maximum Gasteiger partial charge on any atom is 0.161 e. The number of ether oxygens (including phenoxy) is 2. The van der Waals surface area contributed by atoms with Crippen molar-refractivity contribution in [2.24, 2.45) is 5.92 Å². The molecule has 0 saturated heterocycles. The van der Waals surface area contributed by atoms with E-state index in [4.69, 9.17) is 21.1 Å². The Morgan fingerprint density at radius 2 is 1.71 bits per heavy atom. The molecule has 1 aliphatic carbocycles. The van der Waals surface area contributed by atoms with Gasteiger partial charge >= 0.3 is 0 Å². The quantitative estimate of drug-likeness (QED) is 0.598. The van der Waals surface area contributed by atoms with Gasteiger partial charge in [0, 0.05) is 0 Å². The molecule has 1 atom stereocenters. The predicted octanol–water partition coefficient (Wildman–Crippen LogP) is 5.73. The number of halogens is 1. The number of rotatable bonds is 7. The van der Waals surface area contributed by atoms with Gasteiger partial charge in [-0.25, -0.2) is 0 Å². The van der Waals surface area contributed by atoms with E-state index in [9.17, 15) is 0 Å². The Kier molecular flexibility index (Phi) is 6.69. The highest BCUT2D eigenvalue weighted by atomic mass is 35.5. The highest BCUT2D eigenvalue weighted by Crippen LogP contribution is 2.38. The van der Waals surface area contributed by atoms with Crippen LogP contribution in [0.15, 0.2) is 18.2 Å². The van der Waals surface area contributed by atoms with Crippen molar-refractivity contribution in [2.75, 3.05) is 13.2 Å². The fraction of sp³-hybridized carbons (Fsp3) is 0.667. The Bertz CT molecular complexity index is 427. The smallest absolute Gasteiger partial charge is 0.161 e. The maximum atomic E-state index is 6.64. The monoisotopic (exact) mass is 310 g/mol. The van der Waals surface area contributed by atoms with E-state index in [1.54, 1.807) is 0 Å². The molecular weight excluding hydrogens is 284 g/mol. The fourth-order valence-corrected chi connectivity index (χ4v) is 3.50. The molecule has 0 aromatic heterocycles. The van der Waals surface area contributed by atoms with Crippen molar-refractivity contribution in [3.05, 3.63) is 23.8 Å². The second-order valence-electron chi connectivity index (χ2n) is 5.78. The topological polar surface area (TPSA) is 18.5 Å². The first kappa shape index (κ1) is 16.5. The molecule has 0 spiro atoms. The van der Waals surface area contributed by atoms with E-state index in [-0.39, 0.29) is 5.38 Å². The number of alkyl halides is 1. The second-order valence-corrected chi connectivity index (χ2v) is 6.31. The third kappa shape index (κ3) is 4.81. The molecule has 1 aromatic carbocycles. The summed E-state index contributed by atoms with van der Waals surface area (Å²) in [4.78, 5) is 0. The number of hydrogen-bond acceptors (Lipinski definition) is 2. The average Bonchev–Trinajstić information content (AvgIpc) is 2.50. The molecule has 1 aromatic rings. The van der Waals surface area contributed by atoms with E-state index in [0.29, 0.717) is 13.2 Å². The van der Waals surface area contributed by atoms with Crippen molar-refractivity contribution in [1.29, 1.82) is 0 Å². The van der Waals surface area contributed by atoms with Crippen LogP contribution in [0.1, 0.15) is 63.3 Å². The van der Waals surface area contributed by atoms with E-state index in [2.05, 4.69) is 12.1 Å². The zero-order valence-corrected chi connectivity index (χ0v) is 14.0. The Hall–Kier alpha value is -0.890. The van der Waals surface area contributed by atoms with E-state index >= 15 is 0 Å². The largest absolute Gasteiger partial charge is 0.490 e. The lowest BCUT2D eigenvalue weighted by molar-refractivity contribution is 0.287. The van der Waals surface area contributed by atoms with E-state index in [0.717, 1.165) is 29.4 Å². The molecule has 2 rings (SSSR count). The van der Waals surface area contributed by atoms with Crippen LogP contribution in [0.4, 0.5) is 0 Å². The molecule has 21 heavy (non-hydrogen) atoms. The maximum absolute atomic E-state index is 6.64. The van der Waals surface area contributed by atoms with Crippen molar-refractivity contribution in [2.45, 2.75) is 57.7 Å². The van der Waals surface area contributed by atoms with Crippen molar-refractivity contribution in [3.8, 4) is 11.5 Å². The van der Waals surface area contributed by atoms with Gasteiger partial charge in [-0.15, -0.1) is 11.6 Å². The van der Waals surface area contributed by atoms with Crippen LogP contribution in [0.3, 0.4) is 0 Å². The first-order valence-electron chi connectivity index (χ1n) is 8.28. The average molecular weight is 311 g/mol. The van der Waals surface area contributed by atoms with Crippen molar-refractivity contribution < 1.29 is 9.47 Å². The van der Waals surface area contributed by atoms with Gasteiger partial charge in [-0.3, -0.25) is 0 Å². The van der Waals surface area contributed by atoms with E-state index < -0.39 is 0 Å². The van der Waals surface area contributed by atoms with Gasteiger partial charge in [0.25, 0.3) is 0 Å². The Morgan fingerprint density at radius 1 is 1.05 bits per heavy atom. The molecule has 118 valence electrons. The standard InChI is InChI=1S/C18H27ClO2/c1-3-20-17-11-10-15(13-18(17)21-4-2)16(19)12-14-8-6-5-7-9-14/h10-11,13-14,16H,3-9,12H2,1-2H3. The van der Waals surface area contributed by atoms with Crippen LogP contribution >= 0.6 is 11.6 Å². The molecule has 0 amide bonds. The van der Waals surface area contributed by atoms with Gasteiger partial charge in [-0.1, -0.05) is 38.2 Å². The molecule has 1 unspecified atom stereocenters. The van der Waals surface area contributed by atoms with E-state index in [1.165, 1.54) is 32.1 Å². The van der Waals surface area contributed by atoms with Crippen LogP contribution in [-0.2, 0) is 0 Å². The second kappa shape index (κ2) is 8.53. The minimum Gasteiger partial charge on any atom is -0.490 e. The first-order valence-corrected chi connectivity index (χ1v) is 8.71. The Balaban J connectivity index is 2.05. The Morgan fingerprint density at radius 3 is 2.38 bits per heavy atom. The minimum absolute atomic E-state index is 0.0722. The molecule has 0 heterocycles. The first-order chi connectivity index (χ1) is 10.2. The zero-order chi connectivity index (χ0) is 15.1. The highest BCUT2D eigenvalue weighted by molar-refractivity contribution is 6.20. The molecular formula is C18H27ClO2. The van der Waals surface area contributed by atoms with Crippen LogP contribution in [-0.4, -0.2) is 13.2 Å². The lowest BCUT2D eigenvalue weighted by Crippen LogP contribution is -2.09. The van der Waals surface area contributed by atoms with Crippen LogP contribution in [0, 0.1) is 5.92 Å². The van der Waals surface area contributed by atoms with Gasteiger partial charge in [-0.2, -0.15) is 0 Å². The highest BCUT2D eigenvalue weighted by Gasteiger charge is 2.19. The van der Waals surface area contributed by atoms with Crippen molar-refractivity contribution in [1.82, 2.24) is 0 Å². The summed E-state index contributed by atoms with van der Waals surface area (Å²) in [5.41, 5.74) is 1.15. The van der Waals surface area contributed by atoms with Crippen molar-refractivity contribution in [3.63, 3.8) is 0 Å². The summed E-state index contributed by atoms with van der Waals surface area (Å²) in [5, 5.41) is 0.0722. The minimum atomic E-state index is 0.0722. The summed E-state index contributed by atoms with van der Waals surface area (Å²) in [7, 11) is 0. The van der Waals surface area contributed by atoms with E-state index in [1.807, 2.05) is 19.9 Å². The molecule has 1 saturated carbocycles. The SMILES string of the molecule is CCOc1ccc(C(Cl)CC2CCCCC2)cc1OCC. The van der Waals surface area contributed by atoms with Gasteiger partial charge in [0.15, 0.2) is 11.5 Å². The zero-order valence-electron chi connectivity index (χ0n) is 13.2. The van der Waals surface area contributed by atoms with Crippen LogP contribution in [0.25, 0.3) is 0 Å². The third-order valence-electron chi connectivity index (χ3n) is 4.19. The predicted molar refractivity (Wildman–Crippen MR) is 88.6 cm³/mol. The summed E-state index contributed by atoms with van der Waals surface area (Å²) in [6.45, 7) is 5.25. The molecule has 1 fully saturated rings. The van der Waals surface area contributed by atoms with Gasteiger partial charge in [0.05, 0.1) is 18.6 Å². The summed E-state index contributed by atoms with van der Waals surface area (Å²) in [5.74, 6) is 2.40. The van der Waals surface area contributed by atoms with Crippen LogP contribution < -0.4 is 9.47 Å². The molecule has 1 aliphatic rings. The fourth-order valence-electron chi connectivity index (χ4n) is 3.11. The molecule has 2 nitrogen and oxygen atoms in total. The molecule has 3 heteroatoms. The van der Waals surface area contributed by atoms with Gasteiger partial charge in [0.2, 0.25) is 0 Å². The molecule has 0 N–H and O–H groups in total. The lowest BCUT2D eigenvalue weighted by Gasteiger charge is -2.24. The molecule has 0 bridgehead atoms. The summed E-state index contributed by atoms with van der Waals surface area (Å²) < 4.78 is 11.3. The molecule has 0 aliphatic heterocycles. The lowest BCUT2D eigenvalue weighted by atomic mass is 9.85. The number of benzene rings is 1. The van der Waals surface area contributed by atoms with Crippen molar-refractivity contribution >= 4 is 11.6 Å². The van der Waals surface area contributed by atoms with Gasteiger partial charge in [-0.05, 0) is 43.9 Å². The summed E-state index contributed by atoms with van der Waals surface area (Å²) >= 11 is 6.64. The van der Waals surface area contributed by atoms with Gasteiger partial charge in [0.1, 0.15) is 0 Å². The summed E-state index contributed by atoms with van der Waals surface area (Å²) in [6, 6.07) is 6.11. The Labute approximate surface area is 133 Å². The third-order valence-corrected chi connectivity index (χ3v) is 4.62. The normalized spacial score (nSPS) is 17.5. The number of hydrogen-bond donors (Lipinski definition) is 0. The summed E-state index contributed by atoms with van der Waals surface area (Å²) in [6.07, 6.45) is 7.85. The van der Waals surface area contributed by atoms with Crippen LogP contribution in [0.2, 0.25) is 0 Å². The van der Waals surface area contributed by atoms with Gasteiger partial charge < -0.3 is 9.47 Å². The molecule has 0 radical (unpaired) electrons.